The average molecular weight is 346 g/mol. The van der Waals surface area contributed by atoms with Gasteiger partial charge in [0.1, 0.15) is 0 Å². The van der Waals surface area contributed by atoms with Crippen LogP contribution in [0, 0.1) is 11.8 Å². The van der Waals surface area contributed by atoms with Crippen molar-refractivity contribution in [2.24, 2.45) is 18.9 Å². The first-order valence-electron chi connectivity index (χ1n) is 8.29. The monoisotopic (exact) mass is 346 g/mol. The number of benzene rings is 1. The molecule has 0 bridgehead atoms. The molecule has 2 aliphatic rings. The van der Waals surface area contributed by atoms with Crippen LogP contribution in [0.3, 0.4) is 0 Å². The first-order valence-corrected chi connectivity index (χ1v) is 9.78. The zero-order valence-electron chi connectivity index (χ0n) is 13.9. The van der Waals surface area contributed by atoms with Crippen molar-refractivity contribution in [2.75, 3.05) is 17.8 Å². The lowest BCUT2D eigenvalue weighted by Crippen LogP contribution is -2.25. The molecule has 24 heavy (non-hydrogen) atoms. The Balaban J connectivity index is 1.62. The number of hydrogen-bond donors (Lipinski definition) is 2. The number of aryl methyl sites for hydroxylation is 1. The molecule has 2 unspecified atom stereocenters. The van der Waals surface area contributed by atoms with Crippen molar-refractivity contribution in [3.05, 3.63) is 42.4 Å². The first-order chi connectivity index (χ1) is 11.5. The molecular formula is C17H22N4O2S. The largest absolute Gasteiger partial charge is 0.339 e. The number of anilines is 1. The van der Waals surface area contributed by atoms with E-state index in [1.54, 1.807) is 17.7 Å². The fourth-order valence-electron chi connectivity index (χ4n) is 4.41. The van der Waals surface area contributed by atoms with E-state index in [1.807, 2.05) is 12.1 Å². The molecule has 2 heterocycles. The van der Waals surface area contributed by atoms with E-state index in [9.17, 15) is 8.42 Å². The minimum Gasteiger partial charge on any atom is -0.339 e. The van der Waals surface area contributed by atoms with Gasteiger partial charge in [0.15, 0.2) is 5.03 Å². The summed E-state index contributed by atoms with van der Waals surface area (Å²) in [4.78, 5) is 3.93. The number of sulfonamides is 1. The molecule has 2 atom stereocenters. The van der Waals surface area contributed by atoms with Crippen LogP contribution in [0.5, 0.6) is 0 Å². The standard InChI is InChI=1S/C17H22N4O2S/c1-3-17(14-8-18-9-15(14)17)12-5-4-6-13(7-12)20-24(22,23)16-10-21(2)11-19-16/h4-7,10-11,14-15,18,20H,3,8-9H2,1-2H3. The highest BCUT2D eigenvalue weighted by Gasteiger charge is 2.65. The summed E-state index contributed by atoms with van der Waals surface area (Å²) in [6.45, 7) is 4.34. The van der Waals surface area contributed by atoms with Crippen molar-refractivity contribution < 1.29 is 8.42 Å². The summed E-state index contributed by atoms with van der Waals surface area (Å²) in [5.41, 5.74) is 2.05. The topological polar surface area (TPSA) is 76.0 Å². The van der Waals surface area contributed by atoms with Gasteiger partial charge in [-0.2, -0.15) is 8.42 Å². The summed E-state index contributed by atoms with van der Waals surface area (Å²) in [6, 6.07) is 7.84. The minimum atomic E-state index is -3.65. The normalized spacial score (nSPS) is 28.6. The quantitative estimate of drug-likeness (QED) is 0.864. The second kappa shape index (κ2) is 5.32. The fraction of sp³-hybridized carbons (Fsp3) is 0.471. The Morgan fingerprint density at radius 2 is 2.12 bits per heavy atom. The SMILES string of the molecule is CCC1(c2cccc(NS(=O)(=O)c3cn(C)cn3)c2)C2CNCC21. The predicted octanol–water partition coefficient (Wildman–Crippen LogP) is 1.72. The number of piperidine rings is 1. The van der Waals surface area contributed by atoms with E-state index in [2.05, 4.69) is 28.0 Å². The summed E-state index contributed by atoms with van der Waals surface area (Å²) in [5, 5.41) is 3.47. The van der Waals surface area contributed by atoms with Gasteiger partial charge < -0.3 is 9.88 Å². The third-order valence-corrected chi connectivity index (χ3v) is 6.89. The molecule has 1 aromatic carbocycles. The summed E-state index contributed by atoms with van der Waals surface area (Å²) in [7, 11) is -1.91. The van der Waals surface area contributed by atoms with Gasteiger partial charge in [-0.3, -0.25) is 4.72 Å². The van der Waals surface area contributed by atoms with E-state index in [1.165, 1.54) is 18.1 Å². The fourth-order valence-corrected chi connectivity index (χ4v) is 5.44. The Morgan fingerprint density at radius 3 is 2.75 bits per heavy atom. The lowest BCUT2D eigenvalue weighted by molar-refractivity contribution is 0.502. The maximum Gasteiger partial charge on any atom is 0.280 e. The van der Waals surface area contributed by atoms with Crippen molar-refractivity contribution in [1.29, 1.82) is 0 Å². The Hall–Kier alpha value is -1.86. The molecule has 1 aromatic heterocycles. The number of fused-ring (bicyclic) bond motifs is 1. The molecule has 2 N–H and O–H groups in total. The van der Waals surface area contributed by atoms with E-state index in [4.69, 9.17) is 0 Å². The molecular weight excluding hydrogens is 324 g/mol. The Morgan fingerprint density at radius 1 is 1.38 bits per heavy atom. The van der Waals surface area contributed by atoms with Crippen LogP contribution in [-0.2, 0) is 22.5 Å². The molecule has 1 aliphatic carbocycles. The van der Waals surface area contributed by atoms with Crippen molar-refractivity contribution in [2.45, 2.75) is 23.8 Å². The Labute approximate surface area is 142 Å². The number of hydrogen-bond acceptors (Lipinski definition) is 4. The summed E-state index contributed by atoms with van der Waals surface area (Å²) >= 11 is 0. The van der Waals surface area contributed by atoms with Crippen LogP contribution in [0.2, 0.25) is 0 Å². The molecule has 4 rings (SSSR count). The lowest BCUT2D eigenvalue weighted by atomic mass is 9.87. The van der Waals surface area contributed by atoms with Crippen LogP contribution in [0.25, 0.3) is 0 Å². The van der Waals surface area contributed by atoms with Crippen LogP contribution in [0.1, 0.15) is 18.9 Å². The van der Waals surface area contributed by atoms with Gasteiger partial charge in [-0.25, -0.2) is 4.98 Å². The van der Waals surface area contributed by atoms with Crippen molar-refractivity contribution in [3.8, 4) is 0 Å². The third-order valence-electron chi connectivity index (χ3n) is 5.62. The van der Waals surface area contributed by atoms with Crippen LogP contribution in [0.15, 0.2) is 41.8 Å². The summed E-state index contributed by atoms with van der Waals surface area (Å²) in [5.74, 6) is 1.34. The molecule has 128 valence electrons. The zero-order chi connectivity index (χ0) is 16.9. The molecule has 1 saturated heterocycles. The van der Waals surface area contributed by atoms with Crippen LogP contribution in [0.4, 0.5) is 5.69 Å². The predicted molar refractivity (Wildman–Crippen MR) is 92.3 cm³/mol. The van der Waals surface area contributed by atoms with Crippen LogP contribution < -0.4 is 10.0 Å². The molecule has 2 fully saturated rings. The second-order valence-electron chi connectivity index (χ2n) is 6.83. The van der Waals surface area contributed by atoms with Crippen molar-refractivity contribution in [1.82, 2.24) is 14.9 Å². The number of rotatable bonds is 5. The van der Waals surface area contributed by atoms with Gasteiger partial charge >= 0.3 is 0 Å². The van der Waals surface area contributed by atoms with Crippen LogP contribution in [-0.4, -0.2) is 31.1 Å². The maximum atomic E-state index is 12.5. The summed E-state index contributed by atoms with van der Waals surface area (Å²) in [6.07, 6.45) is 4.06. The maximum absolute atomic E-state index is 12.5. The number of nitrogens with zero attached hydrogens (tertiary/aromatic N) is 2. The number of imidazole rings is 1. The Kier molecular flexibility index (Phi) is 3.47. The highest BCUT2D eigenvalue weighted by Crippen LogP contribution is 2.63. The molecule has 0 amide bonds. The van der Waals surface area contributed by atoms with E-state index >= 15 is 0 Å². The van der Waals surface area contributed by atoms with Gasteiger partial charge in [0.2, 0.25) is 0 Å². The first kappa shape index (κ1) is 15.7. The van der Waals surface area contributed by atoms with Crippen LogP contribution >= 0.6 is 0 Å². The van der Waals surface area contributed by atoms with Gasteiger partial charge in [0, 0.05) is 24.3 Å². The van der Waals surface area contributed by atoms with E-state index in [0.717, 1.165) is 19.5 Å². The number of aromatic nitrogens is 2. The molecule has 1 aliphatic heterocycles. The minimum absolute atomic E-state index is 0.0353. The molecule has 6 nitrogen and oxygen atoms in total. The average Bonchev–Trinajstić information content (AvgIpc) is 2.93. The third kappa shape index (κ3) is 2.26. The highest BCUT2D eigenvalue weighted by molar-refractivity contribution is 7.92. The van der Waals surface area contributed by atoms with Gasteiger partial charge in [-0.15, -0.1) is 0 Å². The van der Waals surface area contributed by atoms with Crippen molar-refractivity contribution >= 4 is 15.7 Å². The second-order valence-corrected chi connectivity index (χ2v) is 8.46. The van der Waals surface area contributed by atoms with Gasteiger partial charge in [0.25, 0.3) is 10.0 Å². The van der Waals surface area contributed by atoms with E-state index < -0.39 is 10.0 Å². The molecule has 0 radical (unpaired) electrons. The highest BCUT2D eigenvalue weighted by atomic mass is 32.2. The molecule has 7 heteroatoms. The molecule has 1 saturated carbocycles. The van der Waals surface area contributed by atoms with E-state index in [-0.39, 0.29) is 10.4 Å². The van der Waals surface area contributed by atoms with Gasteiger partial charge in [-0.1, -0.05) is 19.1 Å². The van der Waals surface area contributed by atoms with Crippen molar-refractivity contribution in [3.63, 3.8) is 0 Å². The molecule has 2 aromatic rings. The number of nitrogens with one attached hydrogen (secondary N) is 2. The van der Waals surface area contributed by atoms with Gasteiger partial charge in [-0.05, 0) is 49.0 Å². The van der Waals surface area contributed by atoms with E-state index in [0.29, 0.717) is 17.5 Å². The zero-order valence-corrected chi connectivity index (χ0v) is 14.7. The van der Waals surface area contributed by atoms with Gasteiger partial charge in [0.05, 0.1) is 6.33 Å². The lowest BCUT2D eigenvalue weighted by Gasteiger charge is -2.21. The summed E-state index contributed by atoms with van der Waals surface area (Å²) < 4.78 is 29.2. The smallest absolute Gasteiger partial charge is 0.280 e. The Bertz CT molecular complexity index is 864. The molecule has 0 spiro atoms.